The lowest BCUT2D eigenvalue weighted by Crippen LogP contribution is -2.27. The molecule has 0 radical (unpaired) electrons. The number of rotatable bonds is 4. The maximum atomic E-state index is 12.3. The molecule has 0 saturated heterocycles. The van der Waals surface area contributed by atoms with Gasteiger partial charge in [0, 0.05) is 24.5 Å². The quantitative estimate of drug-likeness (QED) is 0.820. The highest BCUT2D eigenvalue weighted by atomic mass is 19.4. The molecular formula is C11H11F3N4O2. The van der Waals surface area contributed by atoms with Crippen LogP contribution in [0.5, 0.6) is 0 Å². The maximum Gasteiger partial charge on any atom is 0.435 e. The van der Waals surface area contributed by atoms with E-state index in [1.54, 1.807) is 0 Å². The molecule has 0 spiro atoms. The number of nitrogens with zero attached hydrogens (tertiary/aromatic N) is 2. The van der Waals surface area contributed by atoms with Crippen LogP contribution in [0.4, 0.5) is 13.2 Å². The standard InChI is InChI=1S/C11H11F3N4O2/c12-11(13,14)9-3-5-18(17-9)4-1-2-7-6-8(19)10(20)16-15-7/h3,5-6H,1-2,4H2,(H,15,19)(H,16,20). The Bertz CT molecular complexity index is 698. The van der Waals surface area contributed by atoms with Crippen molar-refractivity contribution < 1.29 is 13.2 Å². The molecule has 0 aliphatic carbocycles. The fraction of sp³-hybridized carbons (Fsp3) is 0.364. The van der Waals surface area contributed by atoms with E-state index in [0.29, 0.717) is 18.5 Å². The molecule has 2 heterocycles. The fourth-order valence-corrected chi connectivity index (χ4v) is 1.66. The summed E-state index contributed by atoms with van der Waals surface area (Å²) in [6, 6.07) is 2.07. The predicted molar refractivity (Wildman–Crippen MR) is 63.2 cm³/mol. The second kappa shape index (κ2) is 5.35. The van der Waals surface area contributed by atoms with Gasteiger partial charge in [-0.15, -0.1) is 0 Å². The van der Waals surface area contributed by atoms with Crippen LogP contribution in [0.15, 0.2) is 27.9 Å². The summed E-state index contributed by atoms with van der Waals surface area (Å²) in [5.74, 6) is 0. The normalized spacial score (nSPS) is 11.8. The Morgan fingerprint density at radius 1 is 1.25 bits per heavy atom. The third-order valence-electron chi connectivity index (χ3n) is 2.63. The smallest absolute Gasteiger partial charge is 0.302 e. The highest BCUT2D eigenvalue weighted by molar-refractivity contribution is 5.03. The molecule has 9 heteroatoms. The summed E-state index contributed by atoms with van der Waals surface area (Å²) in [5, 5.41) is 8.13. The minimum atomic E-state index is -4.45. The first kappa shape index (κ1) is 14.1. The van der Waals surface area contributed by atoms with Gasteiger partial charge in [-0.1, -0.05) is 0 Å². The number of aromatic nitrogens is 4. The van der Waals surface area contributed by atoms with Crippen molar-refractivity contribution in [2.45, 2.75) is 25.6 Å². The first-order valence-electron chi connectivity index (χ1n) is 5.78. The lowest BCUT2D eigenvalue weighted by Gasteiger charge is -2.03. The summed E-state index contributed by atoms with van der Waals surface area (Å²) in [4.78, 5) is 21.9. The van der Waals surface area contributed by atoms with E-state index in [2.05, 4.69) is 15.3 Å². The summed E-state index contributed by atoms with van der Waals surface area (Å²) in [6.45, 7) is 0.275. The monoisotopic (exact) mass is 288 g/mol. The lowest BCUT2D eigenvalue weighted by molar-refractivity contribution is -0.141. The van der Waals surface area contributed by atoms with Crippen LogP contribution in [-0.4, -0.2) is 20.0 Å². The second-order valence-corrected chi connectivity index (χ2v) is 4.18. The molecule has 2 rings (SSSR count). The number of H-pyrrole nitrogens is 2. The Hall–Kier alpha value is -2.32. The highest BCUT2D eigenvalue weighted by Gasteiger charge is 2.33. The predicted octanol–water partition coefficient (Wildman–Crippen LogP) is 0.911. The number of aryl methyl sites for hydroxylation is 2. The lowest BCUT2D eigenvalue weighted by atomic mass is 10.2. The summed E-state index contributed by atoms with van der Waals surface area (Å²) < 4.78 is 38.2. The number of nitrogens with one attached hydrogen (secondary N) is 2. The van der Waals surface area contributed by atoms with Gasteiger partial charge >= 0.3 is 11.7 Å². The van der Waals surface area contributed by atoms with Crippen molar-refractivity contribution in [3.63, 3.8) is 0 Å². The average molecular weight is 288 g/mol. The van der Waals surface area contributed by atoms with Crippen molar-refractivity contribution in [3.05, 3.63) is 50.3 Å². The van der Waals surface area contributed by atoms with E-state index in [-0.39, 0.29) is 6.54 Å². The molecule has 20 heavy (non-hydrogen) atoms. The Kier molecular flexibility index (Phi) is 3.77. The summed E-state index contributed by atoms with van der Waals surface area (Å²) in [6.07, 6.45) is -2.32. The second-order valence-electron chi connectivity index (χ2n) is 4.18. The van der Waals surface area contributed by atoms with Gasteiger partial charge in [0.25, 0.3) is 0 Å². The average Bonchev–Trinajstić information content (AvgIpc) is 2.82. The van der Waals surface area contributed by atoms with Crippen LogP contribution in [0.3, 0.4) is 0 Å². The van der Waals surface area contributed by atoms with Crippen LogP contribution in [0.25, 0.3) is 0 Å². The van der Waals surface area contributed by atoms with Gasteiger partial charge in [0.2, 0.25) is 5.43 Å². The molecule has 0 aliphatic heterocycles. The van der Waals surface area contributed by atoms with E-state index in [1.807, 2.05) is 0 Å². The minimum absolute atomic E-state index is 0.275. The molecule has 0 bridgehead atoms. The molecule has 0 aromatic carbocycles. The molecule has 6 nitrogen and oxygen atoms in total. The van der Waals surface area contributed by atoms with E-state index < -0.39 is 22.9 Å². The zero-order valence-corrected chi connectivity index (χ0v) is 10.2. The molecule has 0 aliphatic rings. The number of alkyl halides is 3. The van der Waals surface area contributed by atoms with Gasteiger partial charge < -0.3 is 5.10 Å². The molecule has 108 valence electrons. The van der Waals surface area contributed by atoms with Crippen molar-refractivity contribution in [1.82, 2.24) is 20.0 Å². The highest BCUT2D eigenvalue weighted by Crippen LogP contribution is 2.27. The van der Waals surface area contributed by atoms with Crippen molar-refractivity contribution >= 4 is 0 Å². The largest absolute Gasteiger partial charge is 0.435 e. The van der Waals surface area contributed by atoms with Gasteiger partial charge in [0.1, 0.15) is 0 Å². The molecule has 2 N–H and O–H groups in total. The molecule has 0 unspecified atom stereocenters. The van der Waals surface area contributed by atoms with E-state index in [0.717, 1.165) is 6.07 Å². The molecule has 0 amide bonds. The zero-order valence-electron chi connectivity index (χ0n) is 10.2. The third kappa shape index (κ3) is 3.37. The van der Waals surface area contributed by atoms with Gasteiger partial charge in [-0.2, -0.15) is 18.3 Å². The van der Waals surface area contributed by atoms with Crippen LogP contribution in [-0.2, 0) is 19.1 Å². The van der Waals surface area contributed by atoms with Gasteiger partial charge in [0.15, 0.2) is 5.69 Å². The van der Waals surface area contributed by atoms with E-state index in [9.17, 15) is 22.8 Å². The minimum Gasteiger partial charge on any atom is -0.302 e. The summed E-state index contributed by atoms with van der Waals surface area (Å²) >= 11 is 0. The molecule has 2 aromatic rings. The number of halogens is 3. The van der Waals surface area contributed by atoms with Gasteiger partial charge in [-0.05, 0) is 18.9 Å². The van der Waals surface area contributed by atoms with Crippen molar-refractivity contribution in [2.75, 3.05) is 0 Å². The van der Waals surface area contributed by atoms with Crippen molar-refractivity contribution in [2.24, 2.45) is 0 Å². The topological polar surface area (TPSA) is 83.5 Å². The third-order valence-corrected chi connectivity index (χ3v) is 2.63. The molecule has 0 saturated carbocycles. The van der Waals surface area contributed by atoms with Crippen LogP contribution in [0.2, 0.25) is 0 Å². The van der Waals surface area contributed by atoms with Gasteiger partial charge in [0.05, 0.1) is 0 Å². The molecule has 0 fully saturated rings. The maximum absolute atomic E-state index is 12.3. The summed E-state index contributed by atoms with van der Waals surface area (Å²) in [7, 11) is 0. The molecular weight excluding hydrogens is 277 g/mol. The van der Waals surface area contributed by atoms with Crippen LogP contribution >= 0.6 is 0 Å². The first-order chi connectivity index (χ1) is 9.36. The summed E-state index contributed by atoms with van der Waals surface area (Å²) in [5.41, 5.74) is -1.82. The number of hydrogen-bond donors (Lipinski definition) is 2. The van der Waals surface area contributed by atoms with Crippen LogP contribution in [0, 0.1) is 0 Å². The zero-order chi connectivity index (χ0) is 14.8. The Labute approximate surface area is 110 Å². The van der Waals surface area contributed by atoms with Gasteiger partial charge in [-0.25, -0.2) is 0 Å². The van der Waals surface area contributed by atoms with Crippen molar-refractivity contribution in [3.8, 4) is 0 Å². The van der Waals surface area contributed by atoms with E-state index in [1.165, 1.54) is 16.9 Å². The molecule has 2 aromatic heterocycles. The van der Waals surface area contributed by atoms with Gasteiger partial charge in [-0.3, -0.25) is 19.4 Å². The SMILES string of the molecule is O=c1cc(CCCn2ccc(C(F)(F)F)n2)[nH][nH]c1=O. The van der Waals surface area contributed by atoms with Crippen LogP contribution in [0.1, 0.15) is 17.8 Å². The van der Waals surface area contributed by atoms with Crippen molar-refractivity contribution in [1.29, 1.82) is 0 Å². The Morgan fingerprint density at radius 3 is 2.60 bits per heavy atom. The van der Waals surface area contributed by atoms with E-state index >= 15 is 0 Å². The fourth-order valence-electron chi connectivity index (χ4n) is 1.66. The van der Waals surface area contributed by atoms with E-state index in [4.69, 9.17) is 0 Å². The Balaban J connectivity index is 1.93. The number of hydrogen-bond acceptors (Lipinski definition) is 3. The molecule has 0 atom stereocenters. The number of aromatic amines is 2. The van der Waals surface area contributed by atoms with Crippen LogP contribution < -0.4 is 11.0 Å². The first-order valence-corrected chi connectivity index (χ1v) is 5.78. The Morgan fingerprint density at radius 2 is 2.00 bits per heavy atom.